The number of rotatable bonds is 8. The maximum Gasteiger partial charge on any atom is 0.205 e. The van der Waals surface area contributed by atoms with E-state index in [1.165, 1.54) is 32.7 Å². The lowest BCUT2D eigenvalue weighted by molar-refractivity contribution is 0.620. The maximum absolute atomic E-state index is 6.42. The molecule has 11 rings (SSSR count). The van der Waals surface area contributed by atoms with Crippen LogP contribution in [-0.2, 0) is 0 Å². The first-order chi connectivity index (χ1) is 28.8. The molecular formula is C54H36N2O2. The molecule has 58 heavy (non-hydrogen) atoms. The van der Waals surface area contributed by atoms with Crippen LogP contribution in [0.25, 0.3) is 65.7 Å². The van der Waals surface area contributed by atoms with E-state index in [0.717, 1.165) is 67.6 Å². The van der Waals surface area contributed by atoms with Crippen molar-refractivity contribution in [3.63, 3.8) is 0 Å². The van der Waals surface area contributed by atoms with Crippen LogP contribution in [0.2, 0.25) is 0 Å². The number of fused-ring (bicyclic) bond motifs is 4. The smallest absolute Gasteiger partial charge is 0.205 e. The van der Waals surface area contributed by atoms with Gasteiger partial charge in [0.1, 0.15) is 11.2 Å². The summed E-state index contributed by atoms with van der Waals surface area (Å²) < 4.78 is 12.8. The average Bonchev–Trinajstić information content (AvgIpc) is 3.92. The van der Waals surface area contributed by atoms with E-state index in [9.17, 15) is 0 Å². The Kier molecular flexibility index (Phi) is 8.11. The third kappa shape index (κ3) is 5.78. The number of benzene rings is 9. The summed E-state index contributed by atoms with van der Waals surface area (Å²) in [6.45, 7) is 0. The first-order valence-electron chi connectivity index (χ1n) is 19.6. The van der Waals surface area contributed by atoms with Crippen LogP contribution in [0.1, 0.15) is 0 Å². The van der Waals surface area contributed by atoms with E-state index in [2.05, 4.69) is 180 Å². The van der Waals surface area contributed by atoms with Gasteiger partial charge in [0.25, 0.3) is 0 Å². The van der Waals surface area contributed by atoms with Crippen LogP contribution in [0, 0.1) is 0 Å². The van der Waals surface area contributed by atoms with Gasteiger partial charge >= 0.3 is 0 Å². The van der Waals surface area contributed by atoms with Crippen LogP contribution >= 0.6 is 0 Å². The fraction of sp³-hybridized carbons (Fsp3) is 0. The molecule has 9 aromatic carbocycles. The highest BCUT2D eigenvalue weighted by Gasteiger charge is 2.21. The summed E-state index contributed by atoms with van der Waals surface area (Å²) in [4.78, 5) is 4.36. The molecule has 2 aromatic heterocycles. The molecule has 0 aliphatic rings. The van der Waals surface area contributed by atoms with Crippen molar-refractivity contribution in [2.45, 2.75) is 0 Å². The lowest BCUT2D eigenvalue weighted by Gasteiger charge is -2.23. The van der Waals surface area contributed by atoms with Gasteiger partial charge in [-0.05, 0) is 104 Å². The second-order valence-electron chi connectivity index (χ2n) is 14.5. The van der Waals surface area contributed by atoms with Crippen LogP contribution in [0.5, 0.6) is 0 Å². The van der Waals surface area contributed by atoms with Gasteiger partial charge in [0, 0.05) is 45.7 Å². The summed E-state index contributed by atoms with van der Waals surface area (Å²) in [5.74, 6) is 1.55. The fourth-order valence-electron chi connectivity index (χ4n) is 8.42. The molecule has 0 aliphatic carbocycles. The van der Waals surface area contributed by atoms with E-state index in [1.54, 1.807) is 0 Å². The van der Waals surface area contributed by atoms with Crippen molar-refractivity contribution >= 4 is 78.0 Å². The predicted octanol–water partition coefficient (Wildman–Crippen LogP) is 15.8. The summed E-state index contributed by atoms with van der Waals surface area (Å²) in [6.07, 6.45) is 0. The van der Waals surface area contributed by atoms with Gasteiger partial charge in [0.15, 0.2) is 0 Å². The number of hydrogen-bond acceptors (Lipinski definition) is 4. The van der Waals surface area contributed by atoms with Gasteiger partial charge in [-0.3, -0.25) is 9.80 Å². The van der Waals surface area contributed by atoms with Crippen molar-refractivity contribution in [2.75, 3.05) is 9.80 Å². The van der Waals surface area contributed by atoms with Crippen molar-refractivity contribution < 1.29 is 8.83 Å². The molecule has 0 unspecified atom stereocenters. The fourth-order valence-corrected chi connectivity index (χ4v) is 8.42. The Morgan fingerprint density at radius 2 is 0.586 bits per heavy atom. The highest BCUT2D eigenvalue weighted by molar-refractivity contribution is 6.21. The SMILES string of the molecule is c1ccc(N(c2ccc(-c3c4ccccc4c(-c4ccc(N(c5ccccc5)c5cc6ccccc6o5)cc4)c4ccccc34)cc2)c2cc3ccccc3o2)cc1. The number of furan rings is 2. The topological polar surface area (TPSA) is 32.8 Å². The monoisotopic (exact) mass is 744 g/mol. The minimum absolute atomic E-state index is 0.774. The molecule has 4 heteroatoms. The molecule has 0 spiro atoms. The van der Waals surface area contributed by atoms with E-state index in [4.69, 9.17) is 8.83 Å². The van der Waals surface area contributed by atoms with Gasteiger partial charge in [-0.2, -0.15) is 0 Å². The predicted molar refractivity (Wildman–Crippen MR) is 241 cm³/mol. The Balaban J connectivity index is 1.02. The van der Waals surface area contributed by atoms with Crippen molar-refractivity contribution in [2.24, 2.45) is 0 Å². The minimum atomic E-state index is 0.774. The standard InChI is InChI=1S/C54H36N2O2/c1-3-17-41(18-4-1)55(51-35-39-15-7-13-25-49(39)57-51)43-31-27-37(28-32-43)53-45-21-9-11-23-47(45)54(48-24-12-10-22-46(48)53)38-29-33-44(34-30-38)56(42-19-5-2-6-20-42)52-36-40-16-8-14-26-50(40)58-52/h1-36H. The number of para-hydroxylation sites is 4. The Morgan fingerprint density at radius 3 is 0.948 bits per heavy atom. The largest absolute Gasteiger partial charge is 0.440 e. The summed E-state index contributed by atoms with van der Waals surface area (Å²) in [6, 6.07) is 76.7. The summed E-state index contributed by atoms with van der Waals surface area (Å²) in [5.41, 5.74) is 10.6. The lowest BCUT2D eigenvalue weighted by atomic mass is 9.86. The van der Waals surface area contributed by atoms with Crippen molar-refractivity contribution in [3.05, 3.63) is 218 Å². The lowest BCUT2D eigenvalue weighted by Crippen LogP contribution is -2.08. The van der Waals surface area contributed by atoms with Crippen LogP contribution in [0.15, 0.2) is 227 Å². The molecule has 0 amide bonds. The molecule has 0 saturated carbocycles. The summed E-state index contributed by atoms with van der Waals surface area (Å²) in [7, 11) is 0. The van der Waals surface area contributed by atoms with Gasteiger partial charge < -0.3 is 8.83 Å². The highest BCUT2D eigenvalue weighted by atomic mass is 16.4. The molecule has 4 nitrogen and oxygen atoms in total. The molecule has 0 N–H and O–H groups in total. The van der Waals surface area contributed by atoms with Gasteiger partial charge in [-0.15, -0.1) is 0 Å². The molecule has 0 fully saturated rings. The Hall–Kier alpha value is -7.82. The van der Waals surface area contributed by atoms with Gasteiger partial charge in [-0.25, -0.2) is 0 Å². The van der Waals surface area contributed by atoms with Crippen LogP contribution in [0.4, 0.5) is 34.5 Å². The molecule has 274 valence electrons. The zero-order chi connectivity index (χ0) is 38.4. The van der Waals surface area contributed by atoms with Crippen molar-refractivity contribution in [3.8, 4) is 22.3 Å². The maximum atomic E-state index is 6.42. The zero-order valence-electron chi connectivity index (χ0n) is 31.5. The Bertz CT molecular complexity index is 2880. The third-order valence-corrected chi connectivity index (χ3v) is 11.1. The molecular weight excluding hydrogens is 709 g/mol. The second kappa shape index (κ2) is 14.0. The molecule has 11 aromatic rings. The van der Waals surface area contributed by atoms with Crippen LogP contribution in [0.3, 0.4) is 0 Å². The normalized spacial score (nSPS) is 11.4. The molecule has 0 radical (unpaired) electrons. The second-order valence-corrected chi connectivity index (χ2v) is 14.5. The van der Waals surface area contributed by atoms with E-state index >= 15 is 0 Å². The van der Waals surface area contributed by atoms with E-state index < -0.39 is 0 Å². The van der Waals surface area contributed by atoms with Crippen LogP contribution in [-0.4, -0.2) is 0 Å². The Morgan fingerprint density at radius 1 is 0.276 bits per heavy atom. The van der Waals surface area contributed by atoms with Gasteiger partial charge in [-0.1, -0.05) is 146 Å². The highest BCUT2D eigenvalue weighted by Crippen LogP contribution is 2.46. The van der Waals surface area contributed by atoms with Gasteiger partial charge in [0.2, 0.25) is 11.8 Å². The van der Waals surface area contributed by atoms with Gasteiger partial charge in [0.05, 0.1) is 0 Å². The van der Waals surface area contributed by atoms with E-state index in [-0.39, 0.29) is 0 Å². The van der Waals surface area contributed by atoms with E-state index in [0.29, 0.717) is 0 Å². The molecule has 0 saturated heterocycles. The summed E-state index contributed by atoms with van der Waals surface area (Å²) in [5, 5.41) is 6.97. The van der Waals surface area contributed by atoms with Crippen LogP contribution < -0.4 is 9.80 Å². The third-order valence-electron chi connectivity index (χ3n) is 11.1. The first kappa shape index (κ1) is 33.5. The molecule has 0 atom stereocenters. The number of nitrogens with zero attached hydrogens (tertiary/aromatic N) is 2. The molecule has 0 bridgehead atoms. The first-order valence-corrected chi connectivity index (χ1v) is 19.6. The number of anilines is 6. The quantitative estimate of drug-likeness (QED) is 0.145. The van der Waals surface area contributed by atoms with Crippen molar-refractivity contribution in [1.29, 1.82) is 0 Å². The summed E-state index contributed by atoms with van der Waals surface area (Å²) >= 11 is 0. The minimum Gasteiger partial charge on any atom is -0.440 e. The number of hydrogen-bond donors (Lipinski definition) is 0. The zero-order valence-corrected chi connectivity index (χ0v) is 31.5. The average molecular weight is 745 g/mol. The molecule has 0 aliphatic heterocycles. The van der Waals surface area contributed by atoms with E-state index in [1.807, 2.05) is 48.5 Å². The molecule has 2 heterocycles. The Labute approximate surface area is 336 Å². The van der Waals surface area contributed by atoms with Crippen molar-refractivity contribution in [1.82, 2.24) is 0 Å².